The van der Waals surface area contributed by atoms with E-state index in [1.54, 1.807) is 19.1 Å². The molecule has 0 saturated carbocycles. The molecule has 1 aliphatic rings. The molecule has 19 heavy (non-hydrogen) atoms. The lowest BCUT2D eigenvalue weighted by atomic mass is 9.89. The minimum Gasteiger partial charge on any atom is -0.277 e. The average molecular weight is 259 g/mol. The molecule has 0 unspecified atom stereocenters. The van der Waals surface area contributed by atoms with E-state index in [0.29, 0.717) is 16.7 Å². The van der Waals surface area contributed by atoms with Crippen molar-refractivity contribution >= 4 is 11.8 Å². The molecule has 0 bridgehead atoms. The van der Waals surface area contributed by atoms with Crippen molar-refractivity contribution in [3.63, 3.8) is 0 Å². The van der Waals surface area contributed by atoms with E-state index < -0.39 is 5.91 Å². The van der Waals surface area contributed by atoms with Crippen LogP contribution in [0.25, 0.3) is 0 Å². The largest absolute Gasteiger partial charge is 0.277 e. The van der Waals surface area contributed by atoms with Crippen LogP contribution in [-0.2, 0) is 9.59 Å². The molecule has 0 fully saturated rings. The molecule has 0 N–H and O–H groups in total. The Bertz CT molecular complexity index is 493. The summed E-state index contributed by atoms with van der Waals surface area (Å²) in [5.41, 5.74) is 1.69. The van der Waals surface area contributed by atoms with Crippen LogP contribution in [0.3, 0.4) is 0 Å². The predicted octanol–water partition coefficient (Wildman–Crippen LogP) is 3.18. The molecule has 0 atom stereocenters. The lowest BCUT2D eigenvalue weighted by molar-refractivity contribution is -0.138. The van der Waals surface area contributed by atoms with Crippen molar-refractivity contribution in [2.75, 3.05) is 7.05 Å². The molecule has 1 heterocycles. The van der Waals surface area contributed by atoms with Gasteiger partial charge in [0, 0.05) is 23.8 Å². The zero-order chi connectivity index (χ0) is 15.2. The van der Waals surface area contributed by atoms with Gasteiger partial charge in [-0.1, -0.05) is 51.8 Å². The number of likely N-dealkylation sites (N-methyl/N-ethyl adjacent to an activating group) is 1. The molecule has 3 nitrogen and oxygen atoms in total. The van der Waals surface area contributed by atoms with Crippen molar-refractivity contribution in [1.29, 1.82) is 0 Å². The Labute approximate surface area is 115 Å². The van der Waals surface area contributed by atoms with Gasteiger partial charge in [-0.05, 0) is 12.5 Å². The summed E-state index contributed by atoms with van der Waals surface area (Å²) >= 11 is 0. The van der Waals surface area contributed by atoms with Crippen molar-refractivity contribution in [2.24, 2.45) is 0 Å². The van der Waals surface area contributed by atoms with Crippen molar-refractivity contribution in [1.82, 2.24) is 4.90 Å². The first-order chi connectivity index (χ1) is 8.95. The molecule has 0 aromatic heterocycles. The van der Waals surface area contributed by atoms with Crippen LogP contribution in [0.1, 0.15) is 20.8 Å². The number of allylic oxidation sites excluding steroid dienone is 3. The number of imide groups is 1. The number of amides is 2. The molecule has 0 radical (unpaired) electrons. The molecule has 2 amide bonds. The quantitative estimate of drug-likeness (QED) is 0.443. The van der Waals surface area contributed by atoms with Crippen LogP contribution >= 0.6 is 0 Å². The molecule has 3 heteroatoms. The van der Waals surface area contributed by atoms with Gasteiger partial charge in [-0.25, -0.2) is 0 Å². The van der Waals surface area contributed by atoms with Gasteiger partial charge in [-0.15, -0.1) is 0 Å². The Balaban J connectivity index is 0.00000154. The van der Waals surface area contributed by atoms with Gasteiger partial charge in [-0.3, -0.25) is 14.5 Å². The SMILES string of the molecule is C=CC(=C)C1=C(/C=C\C)C(=O)N(C)C(=O)C1=C.CC. The fourth-order valence-corrected chi connectivity index (χ4v) is 1.64. The predicted molar refractivity (Wildman–Crippen MR) is 79.4 cm³/mol. The van der Waals surface area contributed by atoms with Crippen molar-refractivity contribution < 1.29 is 9.59 Å². The zero-order valence-corrected chi connectivity index (χ0v) is 12.1. The van der Waals surface area contributed by atoms with Gasteiger partial charge in [0.25, 0.3) is 11.8 Å². The first kappa shape index (κ1) is 16.8. The second kappa shape index (κ2) is 7.31. The van der Waals surface area contributed by atoms with Gasteiger partial charge in [0.2, 0.25) is 0 Å². The van der Waals surface area contributed by atoms with Gasteiger partial charge in [0.1, 0.15) is 0 Å². The van der Waals surface area contributed by atoms with E-state index in [4.69, 9.17) is 0 Å². The maximum Gasteiger partial charge on any atom is 0.261 e. The molecule has 1 rings (SSSR count). The maximum atomic E-state index is 12.0. The fraction of sp³-hybridized carbons (Fsp3) is 0.250. The number of hydrogen-bond acceptors (Lipinski definition) is 2. The van der Waals surface area contributed by atoms with E-state index in [1.807, 2.05) is 13.8 Å². The third-order valence-electron chi connectivity index (χ3n) is 2.57. The van der Waals surface area contributed by atoms with Crippen molar-refractivity contribution in [3.8, 4) is 0 Å². The maximum absolute atomic E-state index is 12.0. The zero-order valence-electron chi connectivity index (χ0n) is 12.1. The molecule has 1 aliphatic heterocycles. The summed E-state index contributed by atoms with van der Waals surface area (Å²) in [6.45, 7) is 16.9. The third-order valence-corrected chi connectivity index (χ3v) is 2.57. The second-order valence-corrected chi connectivity index (χ2v) is 3.67. The van der Waals surface area contributed by atoms with E-state index in [2.05, 4.69) is 19.7 Å². The van der Waals surface area contributed by atoms with Crippen LogP contribution in [0.4, 0.5) is 0 Å². The van der Waals surface area contributed by atoms with Crippen molar-refractivity contribution in [2.45, 2.75) is 20.8 Å². The molecule has 0 aliphatic carbocycles. The molecule has 102 valence electrons. The lowest BCUT2D eigenvalue weighted by Crippen LogP contribution is -2.39. The highest BCUT2D eigenvalue weighted by Gasteiger charge is 2.32. The van der Waals surface area contributed by atoms with Crippen LogP contribution in [0.5, 0.6) is 0 Å². The van der Waals surface area contributed by atoms with E-state index in [1.165, 1.54) is 13.1 Å². The van der Waals surface area contributed by atoms with E-state index >= 15 is 0 Å². The lowest BCUT2D eigenvalue weighted by Gasteiger charge is -2.26. The Morgan fingerprint density at radius 1 is 1.21 bits per heavy atom. The summed E-state index contributed by atoms with van der Waals surface area (Å²) in [5.74, 6) is -0.750. The average Bonchev–Trinajstić information content (AvgIpc) is 2.44. The van der Waals surface area contributed by atoms with E-state index in [9.17, 15) is 9.59 Å². The smallest absolute Gasteiger partial charge is 0.261 e. The van der Waals surface area contributed by atoms with Crippen LogP contribution < -0.4 is 0 Å². The number of carbonyl (C=O) groups is 2. The Morgan fingerprint density at radius 3 is 2.16 bits per heavy atom. The fourth-order valence-electron chi connectivity index (χ4n) is 1.64. The second-order valence-electron chi connectivity index (χ2n) is 3.67. The van der Waals surface area contributed by atoms with Crippen LogP contribution in [0.15, 0.2) is 60.3 Å². The van der Waals surface area contributed by atoms with Gasteiger partial charge in [0.15, 0.2) is 0 Å². The Kier molecular flexibility index (Phi) is 6.48. The summed E-state index contributed by atoms with van der Waals surface area (Å²) in [4.78, 5) is 24.8. The molecule has 0 aromatic rings. The van der Waals surface area contributed by atoms with E-state index in [0.717, 1.165) is 4.90 Å². The summed E-state index contributed by atoms with van der Waals surface area (Å²) < 4.78 is 0. The molecule has 0 aromatic carbocycles. The summed E-state index contributed by atoms with van der Waals surface area (Å²) in [5, 5.41) is 0. The normalized spacial score (nSPS) is 15.6. The Hall–Kier alpha value is -2.16. The van der Waals surface area contributed by atoms with E-state index in [-0.39, 0.29) is 11.5 Å². The van der Waals surface area contributed by atoms with Gasteiger partial charge >= 0.3 is 0 Å². The number of rotatable bonds is 3. The highest BCUT2D eigenvalue weighted by molar-refractivity contribution is 6.18. The Morgan fingerprint density at radius 2 is 1.74 bits per heavy atom. The number of carbonyl (C=O) groups excluding carboxylic acids is 2. The van der Waals surface area contributed by atoms with Crippen molar-refractivity contribution in [3.05, 3.63) is 60.3 Å². The highest BCUT2D eigenvalue weighted by Crippen LogP contribution is 2.29. The molecule has 0 spiro atoms. The summed E-state index contributed by atoms with van der Waals surface area (Å²) in [7, 11) is 1.44. The molecular formula is C16H21NO2. The first-order valence-corrected chi connectivity index (χ1v) is 6.16. The third kappa shape index (κ3) is 3.19. The van der Waals surface area contributed by atoms with Crippen LogP contribution in [-0.4, -0.2) is 23.8 Å². The van der Waals surface area contributed by atoms with Crippen LogP contribution in [0.2, 0.25) is 0 Å². The standard InChI is InChI=1S/C14H15NO2.C2H6/c1-6-8-11-12(9(3)7-2)10(4)13(16)15(5)14(11)17;1-2/h6-8H,2-4H2,1,5H3;1-2H3/b8-6-;. The summed E-state index contributed by atoms with van der Waals surface area (Å²) in [6, 6.07) is 0. The van der Waals surface area contributed by atoms with Gasteiger partial charge < -0.3 is 0 Å². The monoisotopic (exact) mass is 259 g/mol. The molecular weight excluding hydrogens is 238 g/mol. The number of nitrogens with zero attached hydrogens (tertiary/aromatic N) is 1. The number of hydrogen-bond donors (Lipinski definition) is 0. The van der Waals surface area contributed by atoms with Gasteiger partial charge in [0.05, 0.1) is 0 Å². The molecule has 0 saturated heterocycles. The van der Waals surface area contributed by atoms with Crippen LogP contribution in [0, 0.1) is 0 Å². The summed E-state index contributed by atoms with van der Waals surface area (Å²) in [6.07, 6.45) is 4.90. The minimum atomic E-state index is -0.402. The topological polar surface area (TPSA) is 37.4 Å². The first-order valence-electron chi connectivity index (χ1n) is 6.16. The minimum absolute atomic E-state index is 0.269. The van der Waals surface area contributed by atoms with Gasteiger partial charge in [-0.2, -0.15) is 0 Å². The highest BCUT2D eigenvalue weighted by atomic mass is 16.2.